The van der Waals surface area contributed by atoms with E-state index in [1.54, 1.807) is 12.2 Å². The van der Waals surface area contributed by atoms with Gasteiger partial charge in [-0.05, 0) is 19.8 Å². The number of carboxylic acid groups (broad SMARTS) is 1. The minimum atomic E-state index is -0.852. The fourth-order valence-electron chi connectivity index (χ4n) is 1.40. The van der Waals surface area contributed by atoms with Crippen molar-refractivity contribution in [3.8, 4) is 0 Å². The van der Waals surface area contributed by atoms with Gasteiger partial charge in [-0.3, -0.25) is 0 Å². The Morgan fingerprint density at radius 2 is 2.06 bits per heavy atom. The van der Waals surface area contributed by atoms with E-state index in [4.69, 9.17) is 5.11 Å². The highest BCUT2D eigenvalue weighted by Gasteiger charge is 2.07. The lowest BCUT2D eigenvalue weighted by Gasteiger charge is -2.05. The van der Waals surface area contributed by atoms with Crippen LogP contribution in [0, 0.1) is 0 Å². The van der Waals surface area contributed by atoms with Crippen molar-refractivity contribution < 1.29 is 9.90 Å². The minimum absolute atomic E-state index is 0.416. The Morgan fingerprint density at radius 3 is 2.56 bits per heavy atom. The molecule has 0 aliphatic heterocycles. The number of carbonyl (C=O) groups is 1. The van der Waals surface area contributed by atoms with E-state index in [2.05, 4.69) is 13.5 Å². The highest BCUT2D eigenvalue weighted by molar-refractivity contribution is 5.87. The Hall–Kier alpha value is -1.31. The highest BCUT2D eigenvalue weighted by Crippen LogP contribution is 2.16. The van der Waals surface area contributed by atoms with E-state index in [0.29, 0.717) is 12.0 Å². The maximum absolute atomic E-state index is 10.9. The summed E-state index contributed by atoms with van der Waals surface area (Å²) in [7, 11) is 0. The quantitative estimate of drug-likeness (QED) is 0.290. The average Bonchev–Trinajstić information content (AvgIpc) is 2.24. The highest BCUT2D eigenvalue weighted by atomic mass is 16.4. The third-order valence-electron chi connectivity index (χ3n) is 2.34. The third kappa shape index (κ3) is 7.04. The van der Waals surface area contributed by atoms with E-state index in [-0.39, 0.29) is 0 Å². The molecule has 0 atom stereocenters. The van der Waals surface area contributed by atoms with Gasteiger partial charge in [0.05, 0.1) is 0 Å². The van der Waals surface area contributed by atoms with Crippen LogP contribution in [0.1, 0.15) is 46.0 Å². The summed E-state index contributed by atoms with van der Waals surface area (Å²) in [5.74, 6) is -0.852. The van der Waals surface area contributed by atoms with Crippen LogP contribution in [0.25, 0.3) is 0 Å². The Bertz CT molecular complexity index is 285. The van der Waals surface area contributed by atoms with Crippen LogP contribution in [0.15, 0.2) is 36.0 Å². The molecule has 0 radical (unpaired) electrons. The summed E-state index contributed by atoms with van der Waals surface area (Å²) in [5, 5.41) is 8.98. The summed E-state index contributed by atoms with van der Waals surface area (Å²) in [6.45, 7) is 7.95. The van der Waals surface area contributed by atoms with E-state index in [0.717, 1.165) is 18.4 Å². The summed E-state index contributed by atoms with van der Waals surface area (Å²) < 4.78 is 0. The zero-order valence-corrected chi connectivity index (χ0v) is 10.3. The maximum Gasteiger partial charge on any atom is 0.331 e. The lowest BCUT2D eigenvalue weighted by molar-refractivity contribution is -0.132. The Balaban J connectivity index is 4.19. The molecule has 0 spiro atoms. The van der Waals surface area contributed by atoms with Crippen LogP contribution >= 0.6 is 0 Å². The Morgan fingerprint density at radius 1 is 1.38 bits per heavy atom. The maximum atomic E-state index is 10.9. The first-order valence-electron chi connectivity index (χ1n) is 5.83. The molecule has 0 aliphatic carbocycles. The van der Waals surface area contributed by atoms with Gasteiger partial charge in [0.25, 0.3) is 0 Å². The molecule has 0 saturated heterocycles. The number of allylic oxidation sites excluding steroid dienone is 4. The van der Waals surface area contributed by atoms with Crippen molar-refractivity contribution in [2.75, 3.05) is 0 Å². The van der Waals surface area contributed by atoms with Crippen LogP contribution in [0.5, 0.6) is 0 Å². The molecule has 0 aliphatic rings. The van der Waals surface area contributed by atoms with Crippen LogP contribution in [-0.4, -0.2) is 11.1 Å². The average molecular weight is 222 g/mol. The second kappa shape index (κ2) is 8.96. The molecule has 2 nitrogen and oxygen atoms in total. The summed E-state index contributed by atoms with van der Waals surface area (Å²) in [6, 6.07) is 0. The van der Waals surface area contributed by atoms with Crippen LogP contribution in [-0.2, 0) is 4.79 Å². The fraction of sp³-hybridized carbons (Fsp3) is 0.500. The van der Waals surface area contributed by atoms with Gasteiger partial charge in [-0.1, -0.05) is 50.1 Å². The van der Waals surface area contributed by atoms with Crippen LogP contribution in [0.3, 0.4) is 0 Å². The first-order valence-corrected chi connectivity index (χ1v) is 5.83. The molecule has 16 heavy (non-hydrogen) atoms. The van der Waals surface area contributed by atoms with Gasteiger partial charge >= 0.3 is 5.97 Å². The van der Waals surface area contributed by atoms with Gasteiger partial charge in [-0.25, -0.2) is 4.79 Å². The second-order valence-electron chi connectivity index (χ2n) is 3.91. The van der Waals surface area contributed by atoms with Crippen LogP contribution in [0.4, 0.5) is 0 Å². The topological polar surface area (TPSA) is 37.3 Å². The lowest BCUT2D eigenvalue weighted by atomic mass is 10.0. The molecule has 1 N–H and O–H groups in total. The minimum Gasteiger partial charge on any atom is -0.478 e. The van der Waals surface area contributed by atoms with Crippen molar-refractivity contribution in [1.29, 1.82) is 0 Å². The zero-order chi connectivity index (χ0) is 12.4. The van der Waals surface area contributed by atoms with E-state index < -0.39 is 5.97 Å². The van der Waals surface area contributed by atoms with Crippen molar-refractivity contribution in [2.45, 2.75) is 46.0 Å². The molecule has 0 rings (SSSR count). The third-order valence-corrected chi connectivity index (χ3v) is 2.34. The zero-order valence-electron chi connectivity index (χ0n) is 10.3. The van der Waals surface area contributed by atoms with Crippen LogP contribution < -0.4 is 0 Å². The van der Waals surface area contributed by atoms with Gasteiger partial charge in [-0.2, -0.15) is 0 Å². The number of carboxylic acids is 1. The van der Waals surface area contributed by atoms with Crippen molar-refractivity contribution in [1.82, 2.24) is 0 Å². The Labute approximate surface area is 98.4 Å². The van der Waals surface area contributed by atoms with Gasteiger partial charge in [0, 0.05) is 12.0 Å². The van der Waals surface area contributed by atoms with Crippen LogP contribution in [0.2, 0.25) is 0 Å². The summed E-state index contributed by atoms with van der Waals surface area (Å²) in [5.41, 5.74) is 1.42. The van der Waals surface area contributed by atoms with Gasteiger partial charge in [0.1, 0.15) is 0 Å². The molecule has 90 valence electrons. The molecular weight excluding hydrogens is 200 g/mol. The molecular formula is C14H22O2. The van der Waals surface area contributed by atoms with Gasteiger partial charge in [0.15, 0.2) is 0 Å². The molecule has 0 aromatic heterocycles. The molecule has 0 fully saturated rings. The predicted molar refractivity (Wildman–Crippen MR) is 68.4 cm³/mol. The predicted octanol–water partition coefficient (Wildman–Crippen LogP) is 4.10. The van der Waals surface area contributed by atoms with E-state index in [9.17, 15) is 4.79 Å². The van der Waals surface area contributed by atoms with Gasteiger partial charge < -0.3 is 5.11 Å². The molecule has 0 aromatic rings. The molecule has 2 heteroatoms. The van der Waals surface area contributed by atoms with E-state index in [1.165, 1.54) is 12.8 Å². The Kier molecular flexibility index (Phi) is 8.22. The smallest absolute Gasteiger partial charge is 0.331 e. The fourth-order valence-corrected chi connectivity index (χ4v) is 1.40. The standard InChI is InChI=1S/C14H22O2/c1-4-6-8-9-12(3)11-13(14(15)16)10-7-5-2/h5,7,10H,3-4,6,8-9,11H2,1-2H3,(H,15,16)/b7-5+,13-10+. The van der Waals surface area contributed by atoms with Crippen molar-refractivity contribution in [2.24, 2.45) is 0 Å². The molecule has 0 bridgehead atoms. The van der Waals surface area contributed by atoms with Gasteiger partial charge in [-0.15, -0.1) is 0 Å². The normalized spacial score (nSPS) is 12.0. The number of hydrogen-bond acceptors (Lipinski definition) is 1. The van der Waals surface area contributed by atoms with E-state index >= 15 is 0 Å². The summed E-state index contributed by atoms with van der Waals surface area (Å²) in [6.07, 6.45) is 10.1. The second-order valence-corrected chi connectivity index (χ2v) is 3.91. The molecule has 0 aromatic carbocycles. The molecule has 0 unspecified atom stereocenters. The number of aliphatic carboxylic acids is 1. The largest absolute Gasteiger partial charge is 0.478 e. The number of rotatable bonds is 8. The first-order chi connectivity index (χ1) is 7.61. The molecule has 0 heterocycles. The summed E-state index contributed by atoms with van der Waals surface area (Å²) >= 11 is 0. The van der Waals surface area contributed by atoms with Crippen molar-refractivity contribution >= 4 is 5.97 Å². The van der Waals surface area contributed by atoms with Gasteiger partial charge in [0.2, 0.25) is 0 Å². The number of hydrogen-bond donors (Lipinski definition) is 1. The SMILES string of the molecule is C=C(CCCCC)C/C(=C\C=C\C)C(=O)O. The van der Waals surface area contributed by atoms with E-state index in [1.807, 2.05) is 13.0 Å². The summed E-state index contributed by atoms with van der Waals surface area (Å²) in [4.78, 5) is 10.9. The monoisotopic (exact) mass is 222 g/mol. The first kappa shape index (κ1) is 14.7. The lowest BCUT2D eigenvalue weighted by Crippen LogP contribution is -2.01. The molecule has 0 saturated carbocycles. The molecule has 0 amide bonds. The number of unbranched alkanes of at least 4 members (excludes halogenated alkanes) is 2. The van der Waals surface area contributed by atoms with Crippen molar-refractivity contribution in [3.63, 3.8) is 0 Å². The van der Waals surface area contributed by atoms with Crippen molar-refractivity contribution in [3.05, 3.63) is 36.0 Å².